The molecule has 0 aromatic heterocycles. The molecule has 1 aliphatic rings. The van der Waals surface area contributed by atoms with Crippen LogP contribution in [-0.4, -0.2) is 47.6 Å². The van der Waals surface area contributed by atoms with Crippen molar-refractivity contribution < 1.29 is 9.90 Å². The van der Waals surface area contributed by atoms with Gasteiger partial charge < -0.3 is 14.8 Å². The lowest BCUT2D eigenvalue weighted by atomic mass is 10.1. The van der Waals surface area contributed by atoms with E-state index in [-0.39, 0.29) is 5.54 Å². The van der Waals surface area contributed by atoms with Crippen molar-refractivity contribution in [2.24, 2.45) is 0 Å². The molecule has 0 aromatic carbocycles. The summed E-state index contributed by atoms with van der Waals surface area (Å²) in [4.78, 5) is 14.2. The molecule has 0 saturated carbocycles. The molecule has 4 heteroatoms. The van der Waals surface area contributed by atoms with Crippen LogP contribution >= 0.6 is 0 Å². The predicted molar refractivity (Wildman–Crippen MR) is 48.3 cm³/mol. The van der Waals surface area contributed by atoms with Crippen LogP contribution in [0.25, 0.3) is 0 Å². The molecule has 1 heterocycles. The summed E-state index contributed by atoms with van der Waals surface area (Å²) in [6, 6.07) is 0. The van der Waals surface area contributed by atoms with Crippen LogP contribution in [0.15, 0.2) is 0 Å². The SMILES string of the molecule is CC(C)(C)N1CCN(C(=O)[O-])CC1. The van der Waals surface area contributed by atoms with E-state index < -0.39 is 6.09 Å². The summed E-state index contributed by atoms with van der Waals surface area (Å²) in [6.07, 6.45) is -1.05. The van der Waals surface area contributed by atoms with Gasteiger partial charge in [-0.2, -0.15) is 0 Å². The maximum absolute atomic E-state index is 10.5. The summed E-state index contributed by atoms with van der Waals surface area (Å²) in [7, 11) is 0. The summed E-state index contributed by atoms with van der Waals surface area (Å²) < 4.78 is 0. The van der Waals surface area contributed by atoms with E-state index in [1.54, 1.807) is 0 Å². The molecule has 0 radical (unpaired) electrons. The van der Waals surface area contributed by atoms with E-state index in [9.17, 15) is 9.90 Å². The van der Waals surface area contributed by atoms with E-state index in [4.69, 9.17) is 0 Å². The van der Waals surface area contributed by atoms with Gasteiger partial charge in [0.1, 0.15) is 6.09 Å². The third-order valence-corrected chi connectivity index (χ3v) is 2.49. The van der Waals surface area contributed by atoms with Crippen molar-refractivity contribution in [2.45, 2.75) is 26.3 Å². The van der Waals surface area contributed by atoms with Crippen LogP contribution in [0.1, 0.15) is 20.8 Å². The molecule has 1 aliphatic heterocycles. The zero-order valence-electron chi connectivity index (χ0n) is 8.54. The van der Waals surface area contributed by atoms with Gasteiger partial charge in [0.2, 0.25) is 0 Å². The second-order valence-corrected chi connectivity index (χ2v) is 4.41. The number of carbonyl (C=O) groups excluding carboxylic acids is 1. The van der Waals surface area contributed by atoms with Crippen molar-refractivity contribution in [3.63, 3.8) is 0 Å². The molecule has 0 spiro atoms. The van der Waals surface area contributed by atoms with Crippen LogP contribution in [0.2, 0.25) is 0 Å². The van der Waals surface area contributed by atoms with Gasteiger partial charge in [0, 0.05) is 31.7 Å². The minimum absolute atomic E-state index is 0.137. The van der Waals surface area contributed by atoms with Gasteiger partial charge in [-0.1, -0.05) is 0 Å². The lowest BCUT2D eigenvalue weighted by molar-refractivity contribution is -0.267. The van der Waals surface area contributed by atoms with Gasteiger partial charge in [0.25, 0.3) is 0 Å². The fourth-order valence-corrected chi connectivity index (χ4v) is 1.56. The van der Waals surface area contributed by atoms with Crippen molar-refractivity contribution in [2.75, 3.05) is 26.2 Å². The molecule has 0 aliphatic carbocycles. The second-order valence-electron chi connectivity index (χ2n) is 4.41. The number of rotatable bonds is 0. The fourth-order valence-electron chi connectivity index (χ4n) is 1.56. The molecule has 13 heavy (non-hydrogen) atoms. The van der Waals surface area contributed by atoms with Gasteiger partial charge >= 0.3 is 0 Å². The van der Waals surface area contributed by atoms with Crippen LogP contribution in [-0.2, 0) is 0 Å². The third kappa shape index (κ3) is 2.59. The number of amides is 1. The zero-order valence-corrected chi connectivity index (χ0v) is 8.54. The lowest BCUT2D eigenvalue weighted by Crippen LogP contribution is -2.56. The van der Waals surface area contributed by atoms with E-state index in [1.165, 1.54) is 4.90 Å². The molecule has 0 atom stereocenters. The Morgan fingerprint density at radius 1 is 1.15 bits per heavy atom. The predicted octanol–water partition coefficient (Wildman–Crippen LogP) is -0.254. The fraction of sp³-hybridized carbons (Fsp3) is 0.889. The first-order chi connectivity index (χ1) is 5.91. The van der Waals surface area contributed by atoms with Gasteiger partial charge in [0.05, 0.1) is 0 Å². The van der Waals surface area contributed by atoms with E-state index in [2.05, 4.69) is 25.7 Å². The molecule has 0 N–H and O–H groups in total. The van der Waals surface area contributed by atoms with Gasteiger partial charge in [-0.05, 0) is 20.8 Å². The van der Waals surface area contributed by atoms with Crippen LogP contribution in [0, 0.1) is 0 Å². The van der Waals surface area contributed by atoms with Crippen LogP contribution in [0.3, 0.4) is 0 Å². The highest BCUT2D eigenvalue weighted by Gasteiger charge is 2.25. The Labute approximate surface area is 79.1 Å². The zero-order chi connectivity index (χ0) is 10.1. The number of carboxylic acid groups (broad SMARTS) is 1. The Bertz CT molecular complexity index is 190. The highest BCUT2D eigenvalue weighted by molar-refractivity contribution is 5.62. The minimum atomic E-state index is -1.05. The highest BCUT2D eigenvalue weighted by atomic mass is 16.4. The topological polar surface area (TPSA) is 46.6 Å². The molecular weight excluding hydrogens is 168 g/mol. The van der Waals surface area contributed by atoms with Crippen LogP contribution in [0.5, 0.6) is 0 Å². The van der Waals surface area contributed by atoms with E-state index >= 15 is 0 Å². The third-order valence-electron chi connectivity index (χ3n) is 2.49. The lowest BCUT2D eigenvalue weighted by Gasteiger charge is -2.43. The van der Waals surface area contributed by atoms with Gasteiger partial charge in [-0.3, -0.25) is 4.90 Å². The molecule has 1 fully saturated rings. The molecular formula is C9H17N2O2-. The van der Waals surface area contributed by atoms with Crippen LogP contribution < -0.4 is 5.11 Å². The molecule has 1 rings (SSSR count). The molecule has 0 aromatic rings. The van der Waals surface area contributed by atoms with Crippen molar-refractivity contribution >= 4 is 6.09 Å². The minimum Gasteiger partial charge on any atom is -0.530 e. The molecule has 0 unspecified atom stereocenters. The largest absolute Gasteiger partial charge is 0.530 e. The molecule has 76 valence electrons. The molecule has 4 nitrogen and oxygen atoms in total. The summed E-state index contributed by atoms with van der Waals surface area (Å²) >= 11 is 0. The Hall–Kier alpha value is -0.770. The van der Waals surface area contributed by atoms with Crippen molar-refractivity contribution in [1.29, 1.82) is 0 Å². The molecule has 1 amide bonds. The average molecular weight is 185 g/mol. The second kappa shape index (κ2) is 3.54. The van der Waals surface area contributed by atoms with Gasteiger partial charge in [-0.25, -0.2) is 0 Å². The normalized spacial score (nSPS) is 20.4. The van der Waals surface area contributed by atoms with Crippen molar-refractivity contribution in [3.8, 4) is 0 Å². The summed E-state index contributed by atoms with van der Waals surface area (Å²) in [5.74, 6) is 0. The number of piperazine rings is 1. The maximum Gasteiger partial charge on any atom is 0.137 e. The van der Waals surface area contributed by atoms with E-state index in [0.29, 0.717) is 13.1 Å². The smallest absolute Gasteiger partial charge is 0.137 e. The first-order valence-corrected chi connectivity index (χ1v) is 4.62. The Balaban J connectivity index is 2.44. The van der Waals surface area contributed by atoms with Crippen molar-refractivity contribution in [3.05, 3.63) is 0 Å². The number of hydrogen-bond donors (Lipinski definition) is 0. The van der Waals surface area contributed by atoms with E-state index in [1.807, 2.05) is 0 Å². The standard InChI is InChI=1S/C9H18N2O2/c1-9(2,3)11-6-4-10(5-7-11)8(12)13/h4-7H2,1-3H3,(H,12,13)/p-1. The Kier molecular flexibility index (Phi) is 2.81. The highest BCUT2D eigenvalue weighted by Crippen LogP contribution is 2.15. The van der Waals surface area contributed by atoms with Crippen LogP contribution in [0.4, 0.5) is 4.79 Å². The Morgan fingerprint density at radius 3 is 1.92 bits per heavy atom. The quantitative estimate of drug-likeness (QED) is 0.522. The maximum atomic E-state index is 10.5. The Morgan fingerprint density at radius 2 is 1.62 bits per heavy atom. The van der Waals surface area contributed by atoms with Crippen molar-refractivity contribution in [1.82, 2.24) is 9.80 Å². The summed E-state index contributed by atoms with van der Waals surface area (Å²) in [5.41, 5.74) is 0.137. The number of carbonyl (C=O) groups is 1. The van der Waals surface area contributed by atoms with Gasteiger partial charge in [0.15, 0.2) is 0 Å². The number of nitrogens with zero attached hydrogens (tertiary/aromatic N) is 2. The molecule has 0 bridgehead atoms. The first-order valence-electron chi connectivity index (χ1n) is 4.62. The van der Waals surface area contributed by atoms with Gasteiger partial charge in [-0.15, -0.1) is 0 Å². The number of hydrogen-bond acceptors (Lipinski definition) is 3. The first kappa shape index (κ1) is 10.3. The molecule has 1 saturated heterocycles. The summed E-state index contributed by atoms with van der Waals surface area (Å²) in [5, 5.41) is 10.5. The average Bonchev–Trinajstić information content (AvgIpc) is 2.03. The van der Waals surface area contributed by atoms with E-state index in [0.717, 1.165) is 13.1 Å². The summed E-state index contributed by atoms with van der Waals surface area (Å²) in [6.45, 7) is 9.17. The monoisotopic (exact) mass is 185 g/mol.